The molecule has 1 aliphatic carbocycles. The summed E-state index contributed by atoms with van der Waals surface area (Å²) in [5.74, 6) is 1.04. The lowest BCUT2D eigenvalue weighted by Gasteiger charge is -2.33. The van der Waals surface area contributed by atoms with E-state index < -0.39 is 0 Å². The number of likely N-dealkylation sites (tertiary alicyclic amines) is 1. The van der Waals surface area contributed by atoms with E-state index in [1.807, 2.05) is 0 Å². The first-order chi connectivity index (χ1) is 6.85. The van der Waals surface area contributed by atoms with Crippen LogP contribution in [0.4, 0.5) is 0 Å². The highest BCUT2D eigenvalue weighted by Crippen LogP contribution is 2.40. The van der Waals surface area contributed by atoms with Gasteiger partial charge >= 0.3 is 0 Å². The molecule has 1 heterocycles. The van der Waals surface area contributed by atoms with E-state index in [2.05, 4.69) is 24.2 Å². The fourth-order valence-electron chi connectivity index (χ4n) is 2.90. The normalized spacial score (nSPS) is 38.6. The Morgan fingerprint density at radius 1 is 1.43 bits per heavy atom. The first-order valence-corrected chi connectivity index (χ1v) is 6.26. The van der Waals surface area contributed by atoms with Crippen LogP contribution in [0, 0.1) is 5.92 Å². The highest BCUT2D eigenvalue weighted by Gasteiger charge is 2.41. The molecule has 0 aromatic carbocycles. The van der Waals surface area contributed by atoms with Crippen LogP contribution in [-0.4, -0.2) is 37.1 Å². The molecule has 1 N–H and O–H groups in total. The fraction of sp³-hybridized carbons (Fsp3) is 1.00. The second-order valence-electron chi connectivity index (χ2n) is 4.97. The number of likely N-dealkylation sites (N-methyl/N-ethyl adjacent to an activating group) is 1. The van der Waals surface area contributed by atoms with Gasteiger partial charge in [-0.25, -0.2) is 0 Å². The molecule has 0 aromatic heterocycles. The first kappa shape index (κ1) is 10.4. The summed E-state index contributed by atoms with van der Waals surface area (Å²) in [6.45, 7) is 4.95. The van der Waals surface area contributed by atoms with Crippen molar-refractivity contribution in [3.05, 3.63) is 0 Å². The van der Waals surface area contributed by atoms with Crippen molar-refractivity contribution in [3.8, 4) is 0 Å². The second kappa shape index (κ2) is 4.63. The van der Waals surface area contributed by atoms with Crippen molar-refractivity contribution in [2.75, 3.05) is 20.1 Å². The zero-order valence-electron chi connectivity index (χ0n) is 9.63. The van der Waals surface area contributed by atoms with E-state index in [1.165, 1.54) is 45.2 Å². The number of hydrogen-bond acceptors (Lipinski definition) is 2. The summed E-state index contributed by atoms with van der Waals surface area (Å²) in [4.78, 5) is 2.73. The van der Waals surface area contributed by atoms with Gasteiger partial charge < -0.3 is 5.32 Å². The molecule has 0 spiro atoms. The van der Waals surface area contributed by atoms with E-state index in [9.17, 15) is 0 Å². The van der Waals surface area contributed by atoms with Gasteiger partial charge in [0.2, 0.25) is 0 Å². The summed E-state index contributed by atoms with van der Waals surface area (Å²) in [5, 5.41) is 3.42. The van der Waals surface area contributed by atoms with Crippen LogP contribution in [0.1, 0.15) is 39.0 Å². The standard InChI is InChI=1S/C12H24N2/c1-3-5-10-8-12(10)14-7-4-6-11(9-14)13-2/h10-13H,3-9H2,1-2H3. The number of nitrogens with one attached hydrogen (secondary N) is 1. The average Bonchev–Trinajstić information content (AvgIpc) is 2.98. The van der Waals surface area contributed by atoms with Crippen LogP contribution in [0.15, 0.2) is 0 Å². The minimum absolute atomic E-state index is 0.756. The third kappa shape index (κ3) is 2.29. The predicted octanol–water partition coefficient (Wildman–Crippen LogP) is 1.86. The van der Waals surface area contributed by atoms with E-state index >= 15 is 0 Å². The molecular weight excluding hydrogens is 172 g/mol. The zero-order valence-corrected chi connectivity index (χ0v) is 9.63. The highest BCUT2D eigenvalue weighted by atomic mass is 15.2. The smallest absolute Gasteiger partial charge is 0.0192 e. The van der Waals surface area contributed by atoms with Crippen molar-refractivity contribution in [2.24, 2.45) is 5.92 Å². The summed E-state index contributed by atoms with van der Waals surface area (Å²) in [7, 11) is 2.10. The maximum Gasteiger partial charge on any atom is 0.0192 e. The van der Waals surface area contributed by atoms with Crippen molar-refractivity contribution < 1.29 is 0 Å². The Morgan fingerprint density at radius 2 is 2.29 bits per heavy atom. The van der Waals surface area contributed by atoms with Gasteiger partial charge in [-0.15, -0.1) is 0 Å². The lowest BCUT2D eigenvalue weighted by atomic mass is 10.1. The molecule has 2 rings (SSSR count). The van der Waals surface area contributed by atoms with Crippen LogP contribution in [0.5, 0.6) is 0 Å². The van der Waals surface area contributed by atoms with E-state index in [1.54, 1.807) is 0 Å². The summed E-state index contributed by atoms with van der Waals surface area (Å²) in [6.07, 6.45) is 7.05. The van der Waals surface area contributed by atoms with Crippen molar-refractivity contribution in [2.45, 2.75) is 51.1 Å². The number of nitrogens with zero attached hydrogens (tertiary/aromatic N) is 1. The van der Waals surface area contributed by atoms with Gasteiger partial charge in [0.05, 0.1) is 0 Å². The van der Waals surface area contributed by atoms with Crippen molar-refractivity contribution in [1.82, 2.24) is 10.2 Å². The van der Waals surface area contributed by atoms with Crippen LogP contribution in [-0.2, 0) is 0 Å². The molecule has 2 heteroatoms. The molecule has 0 radical (unpaired) electrons. The summed E-state index contributed by atoms with van der Waals surface area (Å²) < 4.78 is 0. The quantitative estimate of drug-likeness (QED) is 0.738. The Labute approximate surface area is 88.1 Å². The Balaban J connectivity index is 1.76. The molecule has 3 atom stereocenters. The third-order valence-electron chi connectivity index (χ3n) is 3.87. The van der Waals surface area contributed by atoms with Crippen molar-refractivity contribution in [1.29, 1.82) is 0 Å². The van der Waals surface area contributed by atoms with Crippen molar-refractivity contribution >= 4 is 0 Å². The molecule has 82 valence electrons. The number of rotatable bonds is 4. The summed E-state index contributed by atoms with van der Waals surface area (Å²) in [6, 6.07) is 1.71. The van der Waals surface area contributed by atoms with E-state index in [0.29, 0.717) is 0 Å². The second-order valence-corrected chi connectivity index (χ2v) is 4.97. The van der Waals surface area contributed by atoms with E-state index in [0.717, 1.165) is 18.0 Å². The molecule has 2 fully saturated rings. The van der Waals surface area contributed by atoms with Gasteiger partial charge in [-0.3, -0.25) is 4.90 Å². The Morgan fingerprint density at radius 3 is 3.00 bits per heavy atom. The van der Waals surface area contributed by atoms with Crippen molar-refractivity contribution in [3.63, 3.8) is 0 Å². The topological polar surface area (TPSA) is 15.3 Å². The lowest BCUT2D eigenvalue weighted by Crippen LogP contribution is -2.45. The summed E-state index contributed by atoms with van der Waals surface area (Å²) >= 11 is 0. The molecule has 2 aliphatic rings. The Hall–Kier alpha value is -0.0800. The lowest BCUT2D eigenvalue weighted by molar-refractivity contribution is 0.178. The van der Waals surface area contributed by atoms with Gasteiger partial charge in [0.25, 0.3) is 0 Å². The zero-order chi connectivity index (χ0) is 9.97. The molecule has 14 heavy (non-hydrogen) atoms. The molecular formula is C12H24N2. The highest BCUT2D eigenvalue weighted by molar-refractivity contribution is 4.96. The van der Waals surface area contributed by atoms with Gasteiger partial charge in [-0.1, -0.05) is 13.3 Å². The SMILES string of the molecule is CCCC1CC1N1CCCC(NC)C1. The molecule has 1 saturated heterocycles. The molecule has 0 amide bonds. The Bertz CT molecular complexity index is 181. The fourth-order valence-corrected chi connectivity index (χ4v) is 2.90. The molecule has 1 saturated carbocycles. The number of piperidine rings is 1. The molecule has 0 aromatic rings. The molecule has 0 bridgehead atoms. The first-order valence-electron chi connectivity index (χ1n) is 6.26. The van der Waals surface area contributed by atoms with E-state index in [-0.39, 0.29) is 0 Å². The van der Waals surface area contributed by atoms with Gasteiger partial charge in [-0.05, 0) is 45.2 Å². The monoisotopic (exact) mass is 196 g/mol. The molecule has 2 nitrogen and oxygen atoms in total. The van der Waals surface area contributed by atoms with Crippen LogP contribution in [0.25, 0.3) is 0 Å². The van der Waals surface area contributed by atoms with Crippen LogP contribution < -0.4 is 5.32 Å². The van der Waals surface area contributed by atoms with Crippen LogP contribution in [0.3, 0.4) is 0 Å². The predicted molar refractivity (Wildman–Crippen MR) is 60.5 cm³/mol. The summed E-state index contributed by atoms with van der Waals surface area (Å²) in [5.41, 5.74) is 0. The maximum absolute atomic E-state index is 3.42. The largest absolute Gasteiger partial charge is 0.316 e. The van der Waals surface area contributed by atoms with Gasteiger partial charge in [-0.2, -0.15) is 0 Å². The van der Waals surface area contributed by atoms with Gasteiger partial charge in [0.15, 0.2) is 0 Å². The minimum atomic E-state index is 0.756. The minimum Gasteiger partial charge on any atom is -0.316 e. The molecule has 3 unspecified atom stereocenters. The third-order valence-corrected chi connectivity index (χ3v) is 3.87. The van der Waals surface area contributed by atoms with Gasteiger partial charge in [0.1, 0.15) is 0 Å². The van der Waals surface area contributed by atoms with Crippen LogP contribution in [0.2, 0.25) is 0 Å². The van der Waals surface area contributed by atoms with Crippen LogP contribution >= 0.6 is 0 Å². The van der Waals surface area contributed by atoms with Gasteiger partial charge in [0, 0.05) is 18.6 Å². The number of hydrogen-bond donors (Lipinski definition) is 1. The molecule has 1 aliphatic heterocycles. The average molecular weight is 196 g/mol. The van der Waals surface area contributed by atoms with E-state index in [4.69, 9.17) is 0 Å². The maximum atomic E-state index is 3.42. The Kier molecular flexibility index (Phi) is 3.45.